The zero-order chi connectivity index (χ0) is 15.1. The number of benzene rings is 1. The van der Waals surface area contributed by atoms with Crippen LogP contribution in [0.25, 0.3) is 0 Å². The summed E-state index contributed by atoms with van der Waals surface area (Å²) >= 11 is 1.54. The Balaban J connectivity index is 2.05. The molecule has 0 unspecified atom stereocenters. The minimum absolute atomic E-state index is 0.0349. The van der Waals surface area contributed by atoms with Crippen molar-refractivity contribution < 1.29 is 4.79 Å². The molecule has 1 heterocycles. The molecule has 1 atom stereocenters. The number of carbonyl (C=O) groups excluding carboxylic acids is 1. The van der Waals surface area contributed by atoms with Gasteiger partial charge in [0.25, 0.3) is 0 Å². The van der Waals surface area contributed by atoms with Gasteiger partial charge in [-0.3, -0.25) is 4.79 Å². The molecule has 2 rings (SSSR count). The molecule has 0 fully saturated rings. The molecule has 0 saturated carbocycles. The van der Waals surface area contributed by atoms with Crippen molar-refractivity contribution in [2.24, 2.45) is 0 Å². The Morgan fingerprint density at radius 2 is 2.14 bits per heavy atom. The Bertz CT molecular complexity index is 568. The molecule has 5 heteroatoms. The highest BCUT2D eigenvalue weighted by Crippen LogP contribution is 2.18. The minimum Gasteiger partial charge on any atom is -0.349 e. The van der Waals surface area contributed by atoms with E-state index >= 15 is 0 Å². The topological polar surface area (TPSA) is 46.9 Å². The van der Waals surface area contributed by atoms with Gasteiger partial charge in [0, 0.05) is 18.9 Å². The van der Waals surface area contributed by atoms with E-state index in [1.807, 2.05) is 37.6 Å². The summed E-state index contributed by atoms with van der Waals surface area (Å²) in [7, 11) is 0. The number of carbonyl (C=O) groups is 1. The summed E-state index contributed by atoms with van der Waals surface area (Å²) in [6, 6.07) is 10.2. The van der Waals surface area contributed by atoms with Gasteiger partial charge in [0.15, 0.2) is 0 Å². The van der Waals surface area contributed by atoms with E-state index in [0.717, 1.165) is 24.4 Å². The number of rotatable bonds is 7. The third-order valence-corrected chi connectivity index (χ3v) is 3.95. The van der Waals surface area contributed by atoms with E-state index in [0.29, 0.717) is 5.75 Å². The van der Waals surface area contributed by atoms with E-state index in [1.165, 1.54) is 11.8 Å². The number of hydrogen-bond acceptors (Lipinski definition) is 3. The summed E-state index contributed by atoms with van der Waals surface area (Å²) < 4.78 is 2.11. The van der Waals surface area contributed by atoms with Gasteiger partial charge < -0.3 is 9.88 Å². The van der Waals surface area contributed by atoms with Crippen LogP contribution in [-0.2, 0) is 11.3 Å². The van der Waals surface area contributed by atoms with Crippen molar-refractivity contribution in [2.75, 3.05) is 12.0 Å². The van der Waals surface area contributed by atoms with Gasteiger partial charge in [-0.25, -0.2) is 4.98 Å². The SMILES string of the molecule is CSCC(=O)N[C@@H](CCn1ccnc1C)c1ccccc1. The van der Waals surface area contributed by atoms with Crippen LogP contribution >= 0.6 is 11.8 Å². The molecule has 1 aromatic heterocycles. The number of nitrogens with zero attached hydrogens (tertiary/aromatic N) is 2. The fourth-order valence-corrected chi connectivity index (χ4v) is 2.63. The van der Waals surface area contributed by atoms with Crippen LogP contribution in [0.3, 0.4) is 0 Å². The Morgan fingerprint density at radius 3 is 2.76 bits per heavy atom. The van der Waals surface area contributed by atoms with Crippen molar-refractivity contribution in [1.82, 2.24) is 14.9 Å². The first-order valence-electron chi connectivity index (χ1n) is 7.01. The number of aromatic nitrogens is 2. The molecule has 2 aromatic rings. The van der Waals surface area contributed by atoms with Crippen molar-refractivity contribution >= 4 is 17.7 Å². The Kier molecular flexibility index (Phi) is 5.87. The summed E-state index contributed by atoms with van der Waals surface area (Å²) in [5.41, 5.74) is 1.14. The highest BCUT2D eigenvalue weighted by Gasteiger charge is 2.14. The number of nitrogens with one attached hydrogen (secondary N) is 1. The minimum atomic E-state index is 0.0349. The van der Waals surface area contributed by atoms with E-state index in [4.69, 9.17) is 0 Å². The van der Waals surface area contributed by atoms with Crippen molar-refractivity contribution in [3.05, 3.63) is 54.1 Å². The lowest BCUT2D eigenvalue weighted by Gasteiger charge is -2.19. The van der Waals surface area contributed by atoms with Gasteiger partial charge in [-0.2, -0.15) is 11.8 Å². The highest BCUT2D eigenvalue weighted by molar-refractivity contribution is 7.99. The Morgan fingerprint density at radius 1 is 1.38 bits per heavy atom. The quantitative estimate of drug-likeness (QED) is 0.855. The van der Waals surface area contributed by atoms with E-state index in [-0.39, 0.29) is 11.9 Å². The van der Waals surface area contributed by atoms with E-state index in [1.54, 1.807) is 6.20 Å². The number of imidazole rings is 1. The molecule has 4 nitrogen and oxygen atoms in total. The largest absolute Gasteiger partial charge is 0.349 e. The Labute approximate surface area is 130 Å². The predicted molar refractivity (Wildman–Crippen MR) is 87.3 cm³/mol. The molecule has 0 radical (unpaired) electrons. The smallest absolute Gasteiger partial charge is 0.230 e. The van der Waals surface area contributed by atoms with Crippen LogP contribution in [0.4, 0.5) is 0 Å². The number of aryl methyl sites for hydroxylation is 2. The Hall–Kier alpha value is -1.75. The first-order chi connectivity index (χ1) is 10.2. The van der Waals surface area contributed by atoms with E-state index < -0.39 is 0 Å². The molecule has 1 amide bonds. The summed E-state index contributed by atoms with van der Waals surface area (Å²) in [5.74, 6) is 1.57. The van der Waals surface area contributed by atoms with Crippen LogP contribution < -0.4 is 5.32 Å². The fourth-order valence-electron chi connectivity index (χ4n) is 2.28. The molecule has 21 heavy (non-hydrogen) atoms. The van der Waals surface area contributed by atoms with Crippen molar-refractivity contribution in [3.63, 3.8) is 0 Å². The van der Waals surface area contributed by atoms with Gasteiger partial charge in [0.2, 0.25) is 5.91 Å². The second-order valence-electron chi connectivity index (χ2n) is 4.92. The fraction of sp³-hybridized carbons (Fsp3) is 0.375. The molecule has 0 aliphatic heterocycles. The first kappa shape index (κ1) is 15.6. The van der Waals surface area contributed by atoms with Gasteiger partial charge in [0.05, 0.1) is 11.8 Å². The summed E-state index contributed by atoms with van der Waals surface area (Å²) in [6.45, 7) is 2.83. The molecule has 0 bridgehead atoms. The molecular weight excluding hydrogens is 282 g/mol. The third kappa shape index (κ3) is 4.63. The number of thioether (sulfide) groups is 1. The maximum absolute atomic E-state index is 11.9. The average Bonchev–Trinajstić information content (AvgIpc) is 2.90. The summed E-state index contributed by atoms with van der Waals surface area (Å²) in [6.07, 6.45) is 6.56. The molecular formula is C16H21N3OS. The second-order valence-corrected chi connectivity index (χ2v) is 5.79. The molecule has 0 spiro atoms. The van der Waals surface area contributed by atoms with Crippen molar-refractivity contribution in [1.29, 1.82) is 0 Å². The summed E-state index contributed by atoms with van der Waals surface area (Å²) in [4.78, 5) is 16.1. The zero-order valence-electron chi connectivity index (χ0n) is 12.5. The van der Waals surface area contributed by atoms with E-state index in [2.05, 4.69) is 27.0 Å². The van der Waals surface area contributed by atoms with Gasteiger partial charge in [-0.05, 0) is 25.2 Å². The molecule has 0 aliphatic carbocycles. The van der Waals surface area contributed by atoms with Crippen LogP contribution in [0.1, 0.15) is 23.9 Å². The van der Waals surface area contributed by atoms with Crippen molar-refractivity contribution in [2.45, 2.75) is 25.9 Å². The molecule has 112 valence electrons. The van der Waals surface area contributed by atoms with Gasteiger partial charge in [0.1, 0.15) is 5.82 Å². The standard InChI is InChI=1S/C16H21N3OS/c1-13-17-9-11-19(13)10-8-15(18-16(20)12-21-2)14-6-4-3-5-7-14/h3-7,9,11,15H,8,10,12H2,1-2H3,(H,18,20)/t15-/m0/s1. The molecule has 0 saturated heterocycles. The number of hydrogen-bond donors (Lipinski definition) is 1. The van der Waals surface area contributed by atoms with Crippen LogP contribution in [0.5, 0.6) is 0 Å². The first-order valence-corrected chi connectivity index (χ1v) is 8.41. The average molecular weight is 303 g/mol. The molecule has 1 N–H and O–H groups in total. The lowest BCUT2D eigenvalue weighted by Crippen LogP contribution is -2.30. The maximum atomic E-state index is 11.9. The van der Waals surface area contributed by atoms with Crippen molar-refractivity contribution in [3.8, 4) is 0 Å². The van der Waals surface area contributed by atoms with Crippen LogP contribution in [0.15, 0.2) is 42.7 Å². The monoisotopic (exact) mass is 303 g/mol. The van der Waals surface area contributed by atoms with Gasteiger partial charge >= 0.3 is 0 Å². The predicted octanol–water partition coefficient (Wildman–Crippen LogP) is 2.80. The normalized spacial score (nSPS) is 12.1. The molecule has 1 aromatic carbocycles. The van der Waals surface area contributed by atoms with Crippen LogP contribution in [0.2, 0.25) is 0 Å². The zero-order valence-corrected chi connectivity index (χ0v) is 13.3. The van der Waals surface area contributed by atoms with Gasteiger partial charge in [-0.1, -0.05) is 30.3 Å². The summed E-state index contributed by atoms with van der Waals surface area (Å²) in [5, 5.41) is 3.12. The number of amides is 1. The van der Waals surface area contributed by atoms with Gasteiger partial charge in [-0.15, -0.1) is 0 Å². The molecule has 0 aliphatic rings. The van der Waals surface area contributed by atoms with E-state index in [9.17, 15) is 4.79 Å². The highest BCUT2D eigenvalue weighted by atomic mass is 32.2. The van der Waals surface area contributed by atoms with Crippen LogP contribution in [0, 0.1) is 6.92 Å². The maximum Gasteiger partial charge on any atom is 0.230 e. The second kappa shape index (κ2) is 7.88. The van der Waals surface area contributed by atoms with Crippen LogP contribution in [-0.4, -0.2) is 27.5 Å². The third-order valence-electron chi connectivity index (χ3n) is 3.39. The lowest BCUT2D eigenvalue weighted by molar-refractivity contribution is -0.119. The lowest BCUT2D eigenvalue weighted by atomic mass is 10.0.